The van der Waals surface area contributed by atoms with Crippen LogP contribution in [0.1, 0.15) is 36.0 Å². The number of hydrogen-bond acceptors (Lipinski definition) is 7. The molecule has 8 nitrogen and oxygen atoms in total. The van der Waals surface area contributed by atoms with E-state index in [2.05, 4.69) is 15.3 Å². The lowest BCUT2D eigenvalue weighted by Gasteiger charge is -2.29. The van der Waals surface area contributed by atoms with Crippen molar-refractivity contribution in [2.45, 2.75) is 31.8 Å². The topological polar surface area (TPSA) is 100 Å². The van der Waals surface area contributed by atoms with Gasteiger partial charge in [-0.15, -0.1) is 0 Å². The van der Waals surface area contributed by atoms with Gasteiger partial charge in [-0.25, -0.2) is 9.97 Å². The molecule has 0 saturated carbocycles. The Morgan fingerprint density at radius 3 is 2.71 bits per heavy atom. The number of aromatic nitrogens is 3. The first-order valence-corrected chi connectivity index (χ1v) is 12.4. The Hall–Kier alpha value is -3.01. The fraction of sp³-hybridized carbons (Fsp3) is 0.333. The number of thiazole rings is 1. The molecule has 0 spiro atoms. The van der Waals surface area contributed by atoms with Crippen LogP contribution in [0.5, 0.6) is 0 Å². The van der Waals surface area contributed by atoms with E-state index < -0.39 is 0 Å². The fourth-order valence-corrected chi connectivity index (χ4v) is 5.31. The maximum Gasteiger partial charge on any atom is 0.223 e. The number of likely N-dealkylation sites (tertiary alicyclic amines) is 1. The van der Waals surface area contributed by atoms with Gasteiger partial charge in [0, 0.05) is 43.6 Å². The second-order valence-electron chi connectivity index (χ2n) is 8.49. The van der Waals surface area contributed by atoms with Gasteiger partial charge in [-0.05, 0) is 49.2 Å². The zero-order chi connectivity index (χ0) is 23.8. The van der Waals surface area contributed by atoms with Gasteiger partial charge in [0.05, 0.1) is 27.4 Å². The first-order valence-electron chi connectivity index (χ1n) is 11.2. The van der Waals surface area contributed by atoms with Crippen molar-refractivity contribution in [1.82, 2.24) is 19.4 Å². The Labute approximate surface area is 205 Å². The molecule has 0 unspecified atom stereocenters. The number of ketones is 1. The molecule has 4 aromatic rings. The summed E-state index contributed by atoms with van der Waals surface area (Å²) in [6.07, 6.45) is 1.18. The molecule has 2 aromatic heterocycles. The molecule has 1 fully saturated rings. The first-order chi connectivity index (χ1) is 16.4. The third-order valence-corrected chi connectivity index (χ3v) is 7.32. The number of carbonyl (C=O) groups is 2. The van der Waals surface area contributed by atoms with Gasteiger partial charge in [-0.1, -0.05) is 22.9 Å². The summed E-state index contributed by atoms with van der Waals surface area (Å²) in [6.45, 7) is 1.09. The quantitative estimate of drug-likeness (QED) is 0.380. The van der Waals surface area contributed by atoms with Gasteiger partial charge >= 0.3 is 0 Å². The van der Waals surface area contributed by atoms with E-state index in [9.17, 15) is 14.7 Å². The van der Waals surface area contributed by atoms with Gasteiger partial charge < -0.3 is 19.9 Å². The molecule has 1 aliphatic heterocycles. The molecule has 2 N–H and O–H groups in total. The Bertz CT molecular complexity index is 1390. The van der Waals surface area contributed by atoms with Crippen LogP contribution in [0.4, 0.5) is 11.1 Å². The van der Waals surface area contributed by atoms with Crippen molar-refractivity contribution in [3.63, 3.8) is 0 Å². The van der Waals surface area contributed by atoms with Gasteiger partial charge in [-0.3, -0.25) is 9.59 Å². The van der Waals surface area contributed by atoms with Crippen molar-refractivity contribution >= 4 is 67.0 Å². The molecule has 5 rings (SSSR count). The summed E-state index contributed by atoms with van der Waals surface area (Å²) < 4.78 is 2.90. The summed E-state index contributed by atoms with van der Waals surface area (Å²) in [5.41, 5.74) is 2.97. The van der Waals surface area contributed by atoms with E-state index in [0.717, 1.165) is 15.7 Å². The summed E-state index contributed by atoms with van der Waals surface area (Å²) in [4.78, 5) is 36.1. The summed E-state index contributed by atoms with van der Waals surface area (Å²) in [7, 11) is 1.90. The molecule has 3 heterocycles. The zero-order valence-corrected chi connectivity index (χ0v) is 20.2. The highest BCUT2D eigenvalue weighted by Gasteiger charge is 2.22. The van der Waals surface area contributed by atoms with Gasteiger partial charge in [0.15, 0.2) is 10.9 Å². The minimum Gasteiger partial charge on any atom is -0.393 e. The van der Waals surface area contributed by atoms with Crippen LogP contribution < -0.4 is 5.32 Å². The predicted octanol–water partition coefficient (Wildman–Crippen LogP) is 4.53. The van der Waals surface area contributed by atoms with Gasteiger partial charge in [0.25, 0.3) is 0 Å². The predicted molar refractivity (Wildman–Crippen MR) is 134 cm³/mol. The molecule has 1 amide bonds. The number of imidazole rings is 1. The molecular weight excluding hydrogens is 474 g/mol. The van der Waals surface area contributed by atoms with Crippen LogP contribution in [0.15, 0.2) is 36.4 Å². The van der Waals surface area contributed by atoms with E-state index >= 15 is 0 Å². The second-order valence-corrected chi connectivity index (χ2v) is 9.96. The number of nitrogens with zero attached hydrogens (tertiary/aromatic N) is 4. The van der Waals surface area contributed by atoms with Crippen LogP contribution in [0.25, 0.3) is 21.3 Å². The molecular formula is C24H24ClN5O3S. The van der Waals surface area contributed by atoms with Crippen LogP contribution >= 0.6 is 22.9 Å². The number of amides is 1. The molecule has 1 aliphatic rings. The normalized spacial score (nSPS) is 14.7. The molecule has 0 atom stereocenters. The zero-order valence-electron chi connectivity index (χ0n) is 18.6. The Morgan fingerprint density at radius 2 is 1.91 bits per heavy atom. The SMILES string of the molecule is Cn1c(Nc2nc3ccc(Cl)cc3s2)nc2cc(C(=O)CCC(=O)N3CCC(O)CC3)ccc21. The number of rotatable bonds is 6. The third kappa shape index (κ3) is 4.64. The minimum absolute atomic E-state index is 0.0391. The van der Waals surface area contributed by atoms with E-state index in [1.807, 2.05) is 35.9 Å². The molecule has 0 radical (unpaired) electrons. The van der Waals surface area contributed by atoms with Gasteiger partial charge in [-0.2, -0.15) is 0 Å². The number of aliphatic hydroxyl groups is 1. The van der Waals surface area contributed by atoms with Crippen LogP contribution in [0, 0.1) is 0 Å². The minimum atomic E-state index is -0.330. The Balaban J connectivity index is 1.28. The summed E-state index contributed by atoms with van der Waals surface area (Å²) in [5.74, 6) is 0.491. The average molecular weight is 498 g/mol. The van der Waals surface area contributed by atoms with Crippen molar-refractivity contribution in [3.05, 3.63) is 47.0 Å². The van der Waals surface area contributed by atoms with E-state index in [4.69, 9.17) is 11.6 Å². The number of Topliss-reactive ketones (excluding diaryl/α,β-unsaturated/α-hetero) is 1. The van der Waals surface area contributed by atoms with Crippen molar-refractivity contribution in [2.24, 2.45) is 7.05 Å². The monoisotopic (exact) mass is 497 g/mol. The summed E-state index contributed by atoms with van der Waals surface area (Å²) >= 11 is 7.57. The third-order valence-electron chi connectivity index (χ3n) is 6.16. The molecule has 1 saturated heterocycles. The van der Waals surface area contributed by atoms with Gasteiger partial charge in [0.2, 0.25) is 11.9 Å². The van der Waals surface area contributed by atoms with E-state index in [1.54, 1.807) is 17.0 Å². The number of carbonyl (C=O) groups excluding carboxylic acids is 2. The molecule has 176 valence electrons. The number of piperidine rings is 1. The van der Waals surface area contributed by atoms with Gasteiger partial charge in [0.1, 0.15) is 0 Å². The fourth-order valence-electron chi connectivity index (χ4n) is 4.17. The van der Waals surface area contributed by atoms with Crippen LogP contribution in [-0.4, -0.2) is 55.4 Å². The molecule has 34 heavy (non-hydrogen) atoms. The lowest BCUT2D eigenvalue weighted by molar-refractivity contribution is -0.133. The standard InChI is InChI=1S/C24H24ClN5O3S/c1-29-19-5-2-14(20(32)6-7-22(33)30-10-8-16(31)9-11-30)12-18(19)26-23(29)28-24-27-17-4-3-15(25)13-21(17)34-24/h2-5,12-13,16,31H,6-11H2,1H3,(H,26,27,28). The largest absolute Gasteiger partial charge is 0.393 e. The molecule has 2 aromatic carbocycles. The number of hydrogen-bond donors (Lipinski definition) is 2. The van der Waals surface area contributed by atoms with E-state index in [0.29, 0.717) is 53.1 Å². The maximum absolute atomic E-state index is 12.8. The second kappa shape index (κ2) is 9.32. The Kier molecular flexibility index (Phi) is 6.24. The number of anilines is 2. The van der Waals surface area contributed by atoms with Crippen molar-refractivity contribution in [1.29, 1.82) is 0 Å². The van der Waals surface area contributed by atoms with Crippen molar-refractivity contribution in [2.75, 3.05) is 18.4 Å². The van der Waals surface area contributed by atoms with Crippen LogP contribution in [0.3, 0.4) is 0 Å². The Morgan fingerprint density at radius 1 is 1.12 bits per heavy atom. The van der Waals surface area contributed by atoms with E-state index in [1.165, 1.54) is 11.3 Å². The maximum atomic E-state index is 12.8. The highest BCUT2D eigenvalue weighted by molar-refractivity contribution is 7.22. The number of aliphatic hydroxyl groups excluding tert-OH is 1. The summed E-state index contributed by atoms with van der Waals surface area (Å²) in [5, 5.41) is 14.2. The number of fused-ring (bicyclic) bond motifs is 2. The summed E-state index contributed by atoms with van der Waals surface area (Å²) in [6, 6.07) is 11.0. The van der Waals surface area contributed by atoms with E-state index in [-0.39, 0.29) is 30.6 Å². The molecule has 0 aliphatic carbocycles. The van der Waals surface area contributed by atoms with Crippen LogP contribution in [0.2, 0.25) is 5.02 Å². The highest BCUT2D eigenvalue weighted by Crippen LogP contribution is 2.31. The number of benzene rings is 2. The first kappa shape index (κ1) is 22.8. The lowest BCUT2D eigenvalue weighted by Crippen LogP contribution is -2.40. The molecule has 10 heteroatoms. The number of aryl methyl sites for hydroxylation is 1. The smallest absolute Gasteiger partial charge is 0.223 e. The molecule has 0 bridgehead atoms. The van der Waals surface area contributed by atoms with Crippen molar-refractivity contribution in [3.8, 4) is 0 Å². The number of halogens is 1. The average Bonchev–Trinajstić information content (AvgIpc) is 3.37. The van der Waals surface area contributed by atoms with Crippen molar-refractivity contribution < 1.29 is 14.7 Å². The lowest BCUT2D eigenvalue weighted by atomic mass is 10.0. The van der Waals surface area contributed by atoms with Crippen LogP contribution in [-0.2, 0) is 11.8 Å². The highest BCUT2D eigenvalue weighted by atomic mass is 35.5. The number of nitrogens with one attached hydrogen (secondary N) is 1.